The standard InChI is InChI=1S/C12H18N2O3S/c1-4-6-14(9(3)15)7-11-13-10(8-18-11)12(16)17-5-2/h8H,4-7H2,1-3H3. The number of carbonyl (C=O) groups is 2. The molecule has 18 heavy (non-hydrogen) atoms. The predicted molar refractivity (Wildman–Crippen MR) is 69.5 cm³/mol. The van der Waals surface area contributed by atoms with Gasteiger partial charge >= 0.3 is 5.97 Å². The van der Waals surface area contributed by atoms with Crippen LogP contribution < -0.4 is 0 Å². The van der Waals surface area contributed by atoms with E-state index < -0.39 is 5.97 Å². The Labute approximate surface area is 111 Å². The molecule has 1 aromatic heterocycles. The maximum absolute atomic E-state index is 11.4. The van der Waals surface area contributed by atoms with Crippen LogP contribution >= 0.6 is 11.3 Å². The normalized spacial score (nSPS) is 10.2. The van der Waals surface area contributed by atoms with Crippen LogP contribution in [-0.4, -0.2) is 34.9 Å². The minimum Gasteiger partial charge on any atom is -0.461 e. The minimum atomic E-state index is -0.412. The van der Waals surface area contributed by atoms with Crippen molar-refractivity contribution in [3.63, 3.8) is 0 Å². The third-order valence-corrected chi connectivity index (χ3v) is 3.13. The van der Waals surface area contributed by atoms with E-state index >= 15 is 0 Å². The molecule has 0 aromatic carbocycles. The van der Waals surface area contributed by atoms with Crippen LogP contribution in [0.15, 0.2) is 5.38 Å². The average molecular weight is 270 g/mol. The maximum Gasteiger partial charge on any atom is 0.357 e. The van der Waals surface area contributed by atoms with Crippen molar-refractivity contribution in [1.29, 1.82) is 0 Å². The molecule has 0 bridgehead atoms. The van der Waals surface area contributed by atoms with Crippen LogP contribution in [0.25, 0.3) is 0 Å². The number of thiazole rings is 1. The van der Waals surface area contributed by atoms with Crippen LogP contribution in [0, 0.1) is 0 Å². The Morgan fingerprint density at radius 3 is 2.72 bits per heavy atom. The highest BCUT2D eigenvalue weighted by atomic mass is 32.1. The van der Waals surface area contributed by atoms with Crippen molar-refractivity contribution in [3.8, 4) is 0 Å². The SMILES string of the molecule is CCCN(Cc1nc(C(=O)OCC)cs1)C(C)=O. The molecule has 0 fully saturated rings. The molecule has 0 saturated carbocycles. The lowest BCUT2D eigenvalue weighted by Gasteiger charge is -2.18. The molecular weight excluding hydrogens is 252 g/mol. The van der Waals surface area contributed by atoms with E-state index in [1.54, 1.807) is 17.2 Å². The van der Waals surface area contributed by atoms with Gasteiger partial charge in [0.2, 0.25) is 5.91 Å². The second kappa shape index (κ2) is 7.10. The second-order valence-electron chi connectivity index (χ2n) is 3.79. The first-order valence-corrected chi connectivity index (χ1v) is 6.83. The van der Waals surface area contributed by atoms with E-state index in [2.05, 4.69) is 4.98 Å². The van der Waals surface area contributed by atoms with Crippen molar-refractivity contribution >= 4 is 23.2 Å². The summed E-state index contributed by atoms with van der Waals surface area (Å²) < 4.78 is 4.87. The van der Waals surface area contributed by atoms with Crippen LogP contribution in [0.5, 0.6) is 0 Å². The molecule has 0 N–H and O–H groups in total. The molecule has 0 saturated heterocycles. The predicted octanol–water partition coefficient (Wildman–Crippen LogP) is 2.08. The Bertz CT molecular complexity index is 417. The lowest BCUT2D eigenvalue weighted by atomic mass is 10.4. The number of aromatic nitrogens is 1. The van der Waals surface area contributed by atoms with Gasteiger partial charge in [-0.2, -0.15) is 0 Å². The van der Waals surface area contributed by atoms with Crippen molar-refractivity contribution in [1.82, 2.24) is 9.88 Å². The van der Waals surface area contributed by atoms with Gasteiger partial charge in [0.1, 0.15) is 5.01 Å². The van der Waals surface area contributed by atoms with Crippen LogP contribution in [0.1, 0.15) is 42.7 Å². The number of ether oxygens (including phenoxy) is 1. The van der Waals surface area contributed by atoms with E-state index in [1.165, 1.54) is 18.3 Å². The van der Waals surface area contributed by atoms with Gasteiger partial charge in [0.05, 0.1) is 13.2 Å². The molecule has 100 valence electrons. The second-order valence-corrected chi connectivity index (χ2v) is 4.73. The fraction of sp³-hybridized carbons (Fsp3) is 0.583. The molecule has 1 amide bonds. The molecule has 0 unspecified atom stereocenters. The molecule has 1 heterocycles. The van der Waals surface area contributed by atoms with Gasteiger partial charge in [-0.3, -0.25) is 4.79 Å². The van der Waals surface area contributed by atoms with Crippen molar-refractivity contribution < 1.29 is 14.3 Å². The lowest BCUT2D eigenvalue weighted by molar-refractivity contribution is -0.129. The van der Waals surface area contributed by atoms with Gasteiger partial charge in [0.25, 0.3) is 0 Å². The Kier molecular flexibility index (Phi) is 5.77. The first-order valence-electron chi connectivity index (χ1n) is 5.95. The Balaban J connectivity index is 2.67. The minimum absolute atomic E-state index is 0.0183. The third kappa shape index (κ3) is 4.10. The molecule has 0 aliphatic heterocycles. The highest BCUT2D eigenvalue weighted by Crippen LogP contribution is 2.13. The molecule has 1 aromatic rings. The monoisotopic (exact) mass is 270 g/mol. The average Bonchev–Trinajstić information content (AvgIpc) is 2.77. The van der Waals surface area contributed by atoms with Crippen molar-refractivity contribution in [2.75, 3.05) is 13.2 Å². The number of esters is 1. The Morgan fingerprint density at radius 2 is 2.17 bits per heavy atom. The van der Waals surface area contributed by atoms with E-state index in [0.717, 1.165) is 11.4 Å². The molecule has 1 rings (SSSR count). The van der Waals surface area contributed by atoms with E-state index in [9.17, 15) is 9.59 Å². The molecule has 0 spiro atoms. The Hall–Kier alpha value is -1.43. The van der Waals surface area contributed by atoms with Gasteiger partial charge in [0, 0.05) is 18.8 Å². The molecule has 0 aliphatic rings. The van der Waals surface area contributed by atoms with E-state index in [0.29, 0.717) is 25.4 Å². The summed E-state index contributed by atoms with van der Waals surface area (Å²) in [7, 11) is 0. The smallest absolute Gasteiger partial charge is 0.357 e. The quantitative estimate of drug-likeness (QED) is 0.743. The lowest BCUT2D eigenvalue weighted by Crippen LogP contribution is -2.28. The third-order valence-electron chi connectivity index (χ3n) is 2.30. The number of rotatable bonds is 6. The highest BCUT2D eigenvalue weighted by molar-refractivity contribution is 7.09. The first-order chi connectivity index (χ1) is 8.58. The molecular formula is C12H18N2O3S. The zero-order chi connectivity index (χ0) is 13.5. The molecule has 6 heteroatoms. The molecule has 5 nitrogen and oxygen atoms in total. The zero-order valence-electron chi connectivity index (χ0n) is 10.9. The van der Waals surface area contributed by atoms with Crippen LogP contribution in [0.3, 0.4) is 0 Å². The number of hydrogen-bond donors (Lipinski definition) is 0. The van der Waals surface area contributed by atoms with Gasteiger partial charge in [-0.1, -0.05) is 6.92 Å². The molecule has 0 radical (unpaired) electrons. The summed E-state index contributed by atoms with van der Waals surface area (Å²) in [5.74, 6) is -0.394. The fourth-order valence-corrected chi connectivity index (χ4v) is 2.24. The molecule has 0 atom stereocenters. The number of amides is 1. The van der Waals surface area contributed by atoms with Crippen LogP contribution in [0.2, 0.25) is 0 Å². The highest BCUT2D eigenvalue weighted by Gasteiger charge is 2.14. The van der Waals surface area contributed by atoms with Crippen molar-refractivity contribution in [3.05, 3.63) is 16.1 Å². The summed E-state index contributed by atoms with van der Waals surface area (Å²) in [6.45, 7) is 6.79. The molecule has 0 aliphatic carbocycles. The summed E-state index contributed by atoms with van der Waals surface area (Å²) in [5.41, 5.74) is 0.317. The van der Waals surface area contributed by atoms with Gasteiger partial charge < -0.3 is 9.64 Å². The van der Waals surface area contributed by atoms with E-state index in [4.69, 9.17) is 4.74 Å². The van der Waals surface area contributed by atoms with Crippen molar-refractivity contribution in [2.24, 2.45) is 0 Å². The topological polar surface area (TPSA) is 59.5 Å². The zero-order valence-corrected chi connectivity index (χ0v) is 11.7. The van der Waals surface area contributed by atoms with Crippen LogP contribution in [-0.2, 0) is 16.1 Å². The van der Waals surface area contributed by atoms with Crippen molar-refractivity contribution in [2.45, 2.75) is 33.7 Å². The number of hydrogen-bond acceptors (Lipinski definition) is 5. The number of carbonyl (C=O) groups excluding carboxylic acids is 2. The fourth-order valence-electron chi connectivity index (χ4n) is 1.46. The van der Waals surface area contributed by atoms with Gasteiger partial charge in [-0.25, -0.2) is 9.78 Å². The van der Waals surface area contributed by atoms with Gasteiger partial charge in [0.15, 0.2) is 5.69 Å². The Morgan fingerprint density at radius 1 is 1.44 bits per heavy atom. The summed E-state index contributed by atoms with van der Waals surface area (Å²) >= 11 is 1.37. The summed E-state index contributed by atoms with van der Waals surface area (Å²) in [5, 5.41) is 2.42. The first kappa shape index (κ1) is 14.6. The summed E-state index contributed by atoms with van der Waals surface area (Å²) in [6.07, 6.45) is 0.899. The summed E-state index contributed by atoms with van der Waals surface area (Å²) in [4.78, 5) is 28.7. The van der Waals surface area contributed by atoms with Crippen LogP contribution in [0.4, 0.5) is 0 Å². The summed E-state index contributed by atoms with van der Waals surface area (Å²) in [6, 6.07) is 0. The number of nitrogens with zero attached hydrogens (tertiary/aromatic N) is 2. The van der Waals surface area contributed by atoms with E-state index in [-0.39, 0.29) is 5.91 Å². The van der Waals surface area contributed by atoms with E-state index in [1.807, 2.05) is 6.92 Å². The van der Waals surface area contributed by atoms with Gasteiger partial charge in [-0.05, 0) is 13.3 Å². The van der Waals surface area contributed by atoms with Gasteiger partial charge in [-0.15, -0.1) is 11.3 Å². The largest absolute Gasteiger partial charge is 0.461 e. The maximum atomic E-state index is 11.4.